The van der Waals surface area contributed by atoms with Gasteiger partial charge in [-0.15, -0.1) is 0 Å². The number of aliphatic hydroxyl groups excluding tert-OH is 1. The second kappa shape index (κ2) is 4.82. The molecule has 0 fully saturated rings. The number of anilines is 1. The Kier molecular flexibility index (Phi) is 3.71. The number of hydrogen-bond acceptors (Lipinski definition) is 3. The molecule has 0 saturated carbocycles. The fraction of sp³-hybridized carbons (Fsp3) is 0.500. The lowest BCUT2D eigenvalue weighted by molar-refractivity contribution is 0.164. The van der Waals surface area contributed by atoms with Crippen LogP contribution in [0.5, 0.6) is 0 Å². The van der Waals surface area contributed by atoms with Crippen LogP contribution in [0.25, 0.3) is 0 Å². The highest BCUT2D eigenvalue weighted by Gasteiger charge is 2.04. The van der Waals surface area contributed by atoms with Crippen molar-refractivity contribution >= 4 is 5.82 Å². The van der Waals surface area contributed by atoms with E-state index in [0.29, 0.717) is 12.2 Å². The van der Waals surface area contributed by atoms with Gasteiger partial charge in [-0.05, 0) is 30.5 Å². The molecule has 0 aliphatic rings. The van der Waals surface area contributed by atoms with Crippen LogP contribution < -0.4 is 5.73 Å². The normalized spacial score (nSPS) is 12.8. The molecule has 0 aliphatic carbocycles. The molecule has 13 heavy (non-hydrogen) atoms. The summed E-state index contributed by atoms with van der Waals surface area (Å²) in [6, 6.07) is 3.69. The summed E-state index contributed by atoms with van der Waals surface area (Å²) >= 11 is 0. The van der Waals surface area contributed by atoms with Crippen molar-refractivity contribution in [2.75, 3.05) is 5.73 Å². The van der Waals surface area contributed by atoms with Crippen LogP contribution in [-0.4, -0.2) is 16.2 Å². The third kappa shape index (κ3) is 3.42. The van der Waals surface area contributed by atoms with Crippen molar-refractivity contribution in [2.24, 2.45) is 0 Å². The number of rotatable bonds is 4. The van der Waals surface area contributed by atoms with Crippen LogP contribution in [-0.2, 0) is 6.42 Å². The molecular weight excluding hydrogens is 164 g/mol. The second-order valence-electron chi connectivity index (χ2n) is 3.24. The Hall–Kier alpha value is -1.09. The van der Waals surface area contributed by atoms with E-state index in [2.05, 4.69) is 11.9 Å². The zero-order chi connectivity index (χ0) is 9.68. The molecule has 0 radical (unpaired) electrons. The number of nitrogens with two attached hydrogens (primary N) is 1. The molecule has 1 aromatic heterocycles. The number of aromatic nitrogens is 1. The number of aliphatic hydroxyl groups is 1. The maximum atomic E-state index is 9.53. The van der Waals surface area contributed by atoms with Crippen LogP contribution in [0, 0.1) is 0 Å². The topological polar surface area (TPSA) is 59.1 Å². The molecular formula is C10H16N2O. The monoisotopic (exact) mass is 180 g/mol. The summed E-state index contributed by atoms with van der Waals surface area (Å²) in [5.41, 5.74) is 6.57. The lowest BCUT2D eigenvalue weighted by Crippen LogP contribution is -2.09. The highest BCUT2D eigenvalue weighted by Crippen LogP contribution is 2.08. The van der Waals surface area contributed by atoms with Crippen molar-refractivity contribution in [3.63, 3.8) is 0 Å². The summed E-state index contributed by atoms with van der Waals surface area (Å²) < 4.78 is 0. The Morgan fingerprint density at radius 2 is 2.38 bits per heavy atom. The first-order chi connectivity index (χ1) is 6.22. The van der Waals surface area contributed by atoms with Crippen LogP contribution in [0.2, 0.25) is 0 Å². The molecule has 0 bridgehead atoms. The lowest BCUT2D eigenvalue weighted by Gasteiger charge is -2.08. The van der Waals surface area contributed by atoms with Gasteiger partial charge in [-0.2, -0.15) is 0 Å². The van der Waals surface area contributed by atoms with Gasteiger partial charge >= 0.3 is 0 Å². The Balaban J connectivity index is 2.53. The number of hydrogen-bond donors (Lipinski definition) is 2. The van der Waals surface area contributed by atoms with Gasteiger partial charge in [-0.3, -0.25) is 0 Å². The summed E-state index contributed by atoms with van der Waals surface area (Å²) in [4.78, 5) is 3.89. The fourth-order valence-electron chi connectivity index (χ4n) is 1.33. The van der Waals surface area contributed by atoms with E-state index in [4.69, 9.17) is 5.73 Å². The predicted octanol–water partition coefficient (Wildman–Crippen LogP) is 1.37. The van der Waals surface area contributed by atoms with Crippen LogP contribution >= 0.6 is 0 Å². The van der Waals surface area contributed by atoms with Gasteiger partial charge in [-0.1, -0.05) is 13.3 Å². The molecule has 1 atom stereocenters. The van der Waals surface area contributed by atoms with Crippen molar-refractivity contribution in [3.05, 3.63) is 23.9 Å². The summed E-state index contributed by atoms with van der Waals surface area (Å²) in [7, 11) is 0. The molecule has 0 aromatic carbocycles. The molecule has 1 heterocycles. The predicted molar refractivity (Wildman–Crippen MR) is 53.3 cm³/mol. The van der Waals surface area contributed by atoms with Gasteiger partial charge in [0.05, 0.1) is 6.10 Å². The fourth-order valence-corrected chi connectivity index (χ4v) is 1.33. The summed E-state index contributed by atoms with van der Waals surface area (Å²) in [6.45, 7) is 2.06. The van der Waals surface area contributed by atoms with Crippen molar-refractivity contribution < 1.29 is 5.11 Å². The van der Waals surface area contributed by atoms with E-state index in [9.17, 15) is 5.11 Å². The van der Waals surface area contributed by atoms with Crippen LogP contribution in [0.1, 0.15) is 25.3 Å². The molecule has 0 aliphatic heterocycles. The summed E-state index contributed by atoms with van der Waals surface area (Å²) in [5, 5.41) is 9.53. The van der Waals surface area contributed by atoms with Gasteiger partial charge in [0.1, 0.15) is 5.82 Å². The molecule has 0 saturated heterocycles. The smallest absolute Gasteiger partial charge is 0.123 e. The van der Waals surface area contributed by atoms with E-state index < -0.39 is 0 Å². The van der Waals surface area contributed by atoms with Gasteiger partial charge in [0.15, 0.2) is 0 Å². The van der Waals surface area contributed by atoms with Gasteiger partial charge in [0.25, 0.3) is 0 Å². The Bertz CT molecular complexity index is 263. The van der Waals surface area contributed by atoms with E-state index in [1.165, 1.54) is 0 Å². The zero-order valence-corrected chi connectivity index (χ0v) is 7.90. The van der Waals surface area contributed by atoms with Crippen molar-refractivity contribution in [3.8, 4) is 0 Å². The maximum Gasteiger partial charge on any atom is 0.123 e. The summed E-state index contributed by atoms with van der Waals surface area (Å²) in [6.07, 6.45) is 3.92. The summed E-state index contributed by atoms with van der Waals surface area (Å²) in [5.74, 6) is 0.515. The van der Waals surface area contributed by atoms with E-state index >= 15 is 0 Å². The minimum Gasteiger partial charge on any atom is -0.393 e. The quantitative estimate of drug-likeness (QED) is 0.735. The van der Waals surface area contributed by atoms with Gasteiger partial charge in [0, 0.05) is 6.20 Å². The van der Waals surface area contributed by atoms with E-state index in [0.717, 1.165) is 18.4 Å². The van der Waals surface area contributed by atoms with Gasteiger partial charge in [0.2, 0.25) is 0 Å². The molecule has 3 N–H and O–H groups in total. The minimum absolute atomic E-state index is 0.258. The molecule has 3 heteroatoms. The minimum atomic E-state index is -0.258. The van der Waals surface area contributed by atoms with Crippen molar-refractivity contribution in [1.29, 1.82) is 0 Å². The van der Waals surface area contributed by atoms with E-state index in [1.54, 1.807) is 12.3 Å². The second-order valence-corrected chi connectivity index (χ2v) is 3.24. The van der Waals surface area contributed by atoms with Gasteiger partial charge < -0.3 is 10.8 Å². The molecule has 0 spiro atoms. The molecule has 1 unspecified atom stereocenters. The largest absolute Gasteiger partial charge is 0.393 e. The van der Waals surface area contributed by atoms with Crippen molar-refractivity contribution in [1.82, 2.24) is 4.98 Å². The number of pyridine rings is 1. The van der Waals surface area contributed by atoms with E-state index in [1.807, 2.05) is 6.07 Å². The Morgan fingerprint density at radius 1 is 1.62 bits per heavy atom. The van der Waals surface area contributed by atoms with Gasteiger partial charge in [-0.25, -0.2) is 4.98 Å². The average Bonchev–Trinajstić information content (AvgIpc) is 2.04. The van der Waals surface area contributed by atoms with Crippen molar-refractivity contribution in [2.45, 2.75) is 32.3 Å². The highest BCUT2D eigenvalue weighted by atomic mass is 16.3. The maximum absolute atomic E-state index is 9.53. The number of nitrogens with zero attached hydrogens (tertiary/aromatic N) is 1. The molecule has 1 rings (SSSR count). The Morgan fingerprint density at radius 3 is 3.00 bits per heavy atom. The first kappa shape index (κ1) is 9.99. The number of nitrogen functional groups attached to an aromatic ring is 1. The van der Waals surface area contributed by atoms with E-state index in [-0.39, 0.29) is 6.10 Å². The zero-order valence-electron chi connectivity index (χ0n) is 7.90. The molecule has 1 aromatic rings. The first-order valence-electron chi connectivity index (χ1n) is 4.61. The third-order valence-corrected chi connectivity index (χ3v) is 1.94. The first-order valence-corrected chi connectivity index (χ1v) is 4.61. The van der Waals surface area contributed by atoms with Crippen LogP contribution in [0.15, 0.2) is 18.3 Å². The molecule has 0 amide bonds. The van der Waals surface area contributed by atoms with Crippen LogP contribution in [0.3, 0.4) is 0 Å². The SMILES string of the molecule is CCCC(O)Cc1ccnc(N)c1. The molecule has 72 valence electrons. The third-order valence-electron chi connectivity index (χ3n) is 1.94. The Labute approximate surface area is 78.6 Å². The van der Waals surface area contributed by atoms with Crippen LogP contribution in [0.4, 0.5) is 5.82 Å². The molecule has 3 nitrogen and oxygen atoms in total. The average molecular weight is 180 g/mol. The standard InChI is InChI=1S/C10H16N2O/c1-2-3-9(13)6-8-4-5-12-10(11)7-8/h4-5,7,9,13H,2-3,6H2,1H3,(H2,11,12). The lowest BCUT2D eigenvalue weighted by atomic mass is 10.1. The highest BCUT2D eigenvalue weighted by molar-refractivity contribution is 5.31.